The molecule has 0 saturated carbocycles. The second kappa shape index (κ2) is 6.04. The molecule has 2 rings (SSSR count). The highest BCUT2D eigenvalue weighted by atomic mass is 32.1. The molecule has 0 aliphatic heterocycles. The van der Waals surface area contributed by atoms with Crippen LogP contribution in [0.1, 0.15) is 16.1 Å². The first-order chi connectivity index (χ1) is 9.13. The fourth-order valence-corrected chi connectivity index (χ4v) is 2.74. The van der Waals surface area contributed by atoms with E-state index < -0.39 is 0 Å². The number of aryl methyl sites for hydroxylation is 1. The summed E-state index contributed by atoms with van der Waals surface area (Å²) in [5.41, 5.74) is 7.95. The molecule has 0 aliphatic carbocycles. The molecule has 0 spiro atoms. The van der Waals surface area contributed by atoms with E-state index in [0.29, 0.717) is 6.54 Å². The van der Waals surface area contributed by atoms with Gasteiger partial charge in [-0.15, -0.1) is 11.3 Å². The Morgan fingerprint density at radius 1 is 1.32 bits per heavy atom. The van der Waals surface area contributed by atoms with E-state index in [1.54, 1.807) is 18.4 Å². The zero-order valence-electron chi connectivity index (χ0n) is 11.5. The van der Waals surface area contributed by atoms with Gasteiger partial charge in [-0.2, -0.15) is 0 Å². The second-order valence-corrected chi connectivity index (χ2v) is 5.48. The molecule has 1 heterocycles. The first-order valence-corrected chi connectivity index (χ1v) is 6.96. The van der Waals surface area contributed by atoms with Crippen LogP contribution in [0.3, 0.4) is 0 Å². The number of ether oxygens (including phenoxy) is 1. The van der Waals surface area contributed by atoms with Gasteiger partial charge in [0, 0.05) is 25.0 Å². The van der Waals surface area contributed by atoms with Crippen molar-refractivity contribution < 1.29 is 4.74 Å². The van der Waals surface area contributed by atoms with E-state index in [9.17, 15) is 0 Å². The second-order valence-electron chi connectivity index (χ2n) is 4.41. The lowest BCUT2D eigenvalue weighted by Gasteiger charge is -2.15. The minimum Gasteiger partial charge on any atom is -0.497 e. The first kappa shape index (κ1) is 13.8. The number of anilines is 1. The van der Waals surface area contributed by atoms with Crippen molar-refractivity contribution in [1.29, 1.82) is 0 Å². The summed E-state index contributed by atoms with van der Waals surface area (Å²) in [6, 6.07) is 8.09. The Balaban J connectivity index is 2.08. The molecule has 2 aromatic rings. The number of rotatable bonds is 5. The third-order valence-corrected chi connectivity index (χ3v) is 4.27. The average molecular weight is 277 g/mol. The molecule has 0 fully saturated rings. The van der Waals surface area contributed by atoms with E-state index in [4.69, 9.17) is 10.5 Å². The molecule has 1 aromatic heterocycles. The molecule has 0 radical (unpaired) electrons. The monoisotopic (exact) mass is 277 g/mol. The van der Waals surface area contributed by atoms with Crippen LogP contribution in [0.15, 0.2) is 24.3 Å². The van der Waals surface area contributed by atoms with Crippen LogP contribution in [0.25, 0.3) is 0 Å². The highest BCUT2D eigenvalue weighted by Gasteiger charge is 2.10. The molecule has 19 heavy (non-hydrogen) atoms. The van der Waals surface area contributed by atoms with Gasteiger partial charge in [0.25, 0.3) is 0 Å². The van der Waals surface area contributed by atoms with Crippen molar-refractivity contribution in [2.24, 2.45) is 5.73 Å². The average Bonchev–Trinajstić information content (AvgIpc) is 2.81. The van der Waals surface area contributed by atoms with Crippen molar-refractivity contribution in [1.82, 2.24) is 4.98 Å². The third-order valence-electron chi connectivity index (χ3n) is 2.97. The number of methoxy groups -OCH3 is 1. The smallest absolute Gasteiger partial charge is 0.185 e. The fourth-order valence-electron chi connectivity index (χ4n) is 1.84. The van der Waals surface area contributed by atoms with Gasteiger partial charge in [0.2, 0.25) is 0 Å². The Labute approximate surface area is 117 Å². The molecule has 1 aromatic carbocycles. The summed E-state index contributed by atoms with van der Waals surface area (Å²) in [5, 5.41) is 1.01. The molecule has 0 unspecified atom stereocenters. The van der Waals surface area contributed by atoms with Gasteiger partial charge in [-0.25, -0.2) is 4.98 Å². The van der Waals surface area contributed by atoms with Crippen LogP contribution in [0, 0.1) is 6.92 Å². The highest BCUT2D eigenvalue weighted by Crippen LogP contribution is 2.26. The minimum absolute atomic E-state index is 0.555. The summed E-state index contributed by atoms with van der Waals surface area (Å²) < 4.78 is 5.15. The molecule has 0 atom stereocenters. The molecule has 102 valence electrons. The first-order valence-electron chi connectivity index (χ1n) is 6.14. The zero-order chi connectivity index (χ0) is 13.8. The number of aromatic nitrogens is 1. The Bertz CT molecular complexity index is 536. The van der Waals surface area contributed by atoms with Crippen LogP contribution in [-0.2, 0) is 13.1 Å². The third kappa shape index (κ3) is 3.24. The standard InChI is InChI=1S/C14H19N3OS/c1-10-13(8-15)19-14(16-10)17(2)9-11-4-6-12(18-3)7-5-11/h4-7H,8-9,15H2,1-3H3. The molecular formula is C14H19N3OS. The van der Waals surface area contributed by atoms with Gasteiger partial charge in [0.05, 0.1) is 12.8 Å². The van der Waals surface area contributed by atoms with E-state index >= 15 is 0 Å². The van der Waals surface area contributed by atoms with Crippen molar-refractivity contribution >= 4 is 16.5 Å². The fraction of sp³-hybridized carbons (Fsp3) is 0.357. The lowest BCUT2D eigenvalue weighted by atomic mass is 10.2. The maximum Gasteiger partial charge on any atom is 0.185 e. The summed E-state index contributed by atoms with van der Waals surface area (Å²) >= 11 is 1.66. The molecule has 0 saturated heterocycles. The highest BCUT2D eigenvalue weighted by molar-refractivity contribution is 7.15. The quantitative estimate of drug-likeness (QED) is 0.912. The lowest BCUT2D eigenvalue weighted by Crippen LogP contribution is -2.15. The summed E-state index contributed by atoms with van der Waals surface area (Å²) in [7, 11) is 3.72. The van der Waals surface area contributed by atoms with Crippen LogP contribution in [0.5, 0.6) is 5.75 Å². The predicted molar refractivity (Wildman–Crippen MR) is 79.8 cm³/mol. The number of hydrogen-bond donors (Lipinski definition) is 1. The van der Waals surface area contributed by atoms with E-state index in [1.165, 1.54) is 5.56 Å². The van der Waals surface area contributed by atoms with Gasteiger partial charge < -0.3 is 15.4 Å². The predicted octanol–water partition coefficient (Wildman–Crippen LogP) is 2.56. The molecule has 2 N–H and O–H groups in total. The number of nitrogens with two attached hydrogens (primary N) is 1. The van der Waals surface area contributed by atoms with E-state index in [1.807, 2.05) is 26.1 Å². The minimum atomic E-state index is 0.555. The zero-order valence-corrected chi connectivity index (χ0v) is 12.3. The molecular weight excluding hydrogens is 258 g/mol. The Morgan fingerprint density at radius 2 is 2.00 bits per heavy atom. The summed E-state index contributed by atoms with van der Waals surface area (Å²) in [4.78, 5) is 7.84. The maximum atomic E-state index is 5.69. The molecule has 0 aliphatic rings. The van der Waals surface area contributed by atoms with Gasteiger partial charge in [-0.1, -0.05) is 12.1 Å². The van der Waals surface area contributed by atoms with Crippen LogP contribution >= 0.6 is 11.3 Å². The van der Waals surface area contributed by atoms with E-state index in [2.05, 4.69) is 22.0 Å². The van der Waals surface area contributed by atoms with Gasteiger partial charge >= 0.3 is 0 Å². The van der Waals surface area contributed by atoms with Crippen LogP contribution in [0.2, 0.25) is 0 Å². The molecule has 0 bridgehead atoms. The normalized spacial score (nSPS) is 10.5. The molecule has 5 heteroatoms. The summed E-state index contributed by atoms with van der Waals surface area (Å²) in [6.07, 6.45) is 0. The van der Waals surface area contributed by atoms with Crippen molar-refractivity contribution in [2.45, 2.75) is 20.0 Å². The van der Waals surface area contributed by atoms with Crippen molar-refractivity contribution in [3.63, 3.8) is 0 Å². The number of thiazole rings is 1. The van der Waals surface area contributed by atoms with Crippen molar-refractivity contribution in [3.8, 4) is 5.75 Å². The topological polar surface area (TPSA) is 51.4 Å². The van der Waals surface area contributed by atoms with Crippen molar-refractivity contribution in [2.75, 3.05) is 19.1 Å². The molecule has 0 amide bonds. The van der Waals surface area contributed by atoms with E-state index in [0.717, 1.165) is 28.0 Å². The Kier molecular flexibility index (Phi) is 4.39. The summed E-state index contributed by atoms with van der Waals surface area (Å²) in [5.74, 6) is 0.877. The molecule has 4 nitrogen and oxygen atoms in total. The van der Waals surface area contributed by atoms with Crippen LogP contribution in [0.4, 0.5) is 5.13 Å². The lowest BCUT2D eigenvalue weighted by molar-refractivity contribution is 0.414. The van der Waals surface area contributed by atoms with E-state index in [-0.39, 0.29) is 0 Å². The van der Waals surface area contributed by atoms with Gasteiger partial charge in [-0.3, -0.25) is 0 Å². The van der Waals surface area contributed by atoms with Gasteiger partial charge in [0.1, 0.15) is 5.75 Å². The van der Waals surface area contributed by atoms with Gasteiger partial charge in [0.15, 0.2) is 5.13 Å². The maximum absolute atomic E-state index is 5.69. The summed E-state index contributed by atoms with van der Waals surface area (Å²) in [6.45, 7) is 3.38. The van der Waals surface area contributed by atoms with Crippen LogP contribution < -0.4 is 15.4 Å². The Hall–Kier alpha value is -1.59. The van der Waals surface area contributed by atoms with Crippen molar-refractivity contribution in [3.05, 3.63) is 40.4 Å². The van der Waals surface area contributed by atoms with Crippen LogP contribution in [-0.4, -0.2) is 19.1 Å². The number of nitrogens with zero attached hydrogens (tertiary/aromatic N) is 2. The number of hydrogen-bond acceptors (Lipinski definition) is 5. The van der Waals surface area contributed by atoms with Gasteiger partial charge in [-0.05, 0) is 24.6 Å². The Morgan fingerprint density at radius 3 is 2.53 bits per heavy atom. The SMILES string of the molecule is COc1ccc(CN(C)c2nc(C)c(CN)s2)cc1. The largest absolute Gasteiger partial charge is 0.497 e. The number of benzene rings is 1.